The lowest BCUT2D eigenvalue weighted by Crippen LogP contribution is -2.10. The number of benzene rings is 2. The zero-order valence-electron chi connectivity index (χ0n) is 13.3. The number of imidazole rings is 1. The Labute approximate surface area is 164 Å². The van der Waals surface area contributed by atoms with Gasteiger partial charge in [0, 0.05) is 15.6 Å². The molecule has 130 valence electrons. The Balaban J connectivity index is 1.71. The van der Waals surface area contributed by atoms with E-state index in [0.29, 0.717) is 38.9 Å². The molecule has 2 heterocycles. The van der Waals surface area contributed by atoms with Crippen LogP contribution in [-0.4, -0.2) is 19.5 Å². The molecular weight excluding hydrogens is 393 g/mol. The highest BCUT2D eigenvalue weighted by atomic mass is 35.5. The molecule has 2 aromatic carbocycles. The summed E-state index contributed by atoms with van der Waals surface area (Å²) < 4.78 is 1.85. The Morgan fingerprint density at radius 2 is 1.58 bits per heavy atom. The van der Waals surface area contributed by atoms with Gasteiger partial charge in [-0.25, -0.2) is 15.0 Å². The van der Waals surface area contributed by atoms with Crippen molar-refractivity contribution in [2.45, 2.75) is 6.54 Å². The molecular formula is C18H12Cl3N5. The Bertz CT molecular complexity index is 1030. The summed E-state index contributed by atoms with van der Waals surface area (Å²) in [6.07, 6.45) is 3.17. The quantitative estimate of drug-likeness (QED) is 0.486. The Hall–Kier alpha value is -2.34. The van der Waals surface area contributed by atoms with E-state index >= 15 is 0 Å². The van der Waals surface area contributed by atoms with Crippen LogP contribution in [-0.2, 0) is 6.54 Å². The third-order valence-electron chi connectivity index (χ3n) is 3.92. The maximum absolute atomic E-state index is 6.28. The summed E-state index contributed by atoms with van der Waals surface area (Å²) in [4.78, 5) is 13.2. The number of halogens is 3. The first-order valence-corrected chi connectivity index (χ1v) is 8.87. The number of hydrogen-bond acceptors (Lipinski definition) is 4. The first-order valence-electron chi connectivity index (χ1n) is 7.74. The van der Waals surface area contributed by atoms with Gasteiger partial charge in [-0.05, 0) is 24.3 Å². The van der Waals surface area contributed by atoms with E-state index in [2.05, 4.69) is 20.3 Å². The second kappa shape index (κ2) is 7.11. The van der Waals surface area contributed by atoms with E-state index in [4.69, 9.17) is 34.8 Å². The summed E-state index contributed by atoms with van der Waals surface area (Å²) in [5, 5.41) is 4.99. The van der Waals surface area contributed by atoms with Crippen molar-refractivity contribution in [1.82, 2.24) is 19.5 Å². The average Bonchev–Trinajstić information content (AvgIpc) is 3.12. The summed E-state index contributed by atoms with van der Waals surface area (Å²) in [6, 6.07) is 12.9. The van der Waals surface area contributed by atoms with Gasteiger partial charge < -0.3 is 9.88 Å². The maximum atomic E-state index is 6.28. The minimum Gasteiger partial charge on any atom is -0.337 e. The number of rotatable bonds is 4. The van der Waals surface area contributed by atoms with Crippen molar-refractivity contribution in [2.75, 3.05) is 5.32 Å². The Morgan fingerprint density at radius 1 is 0.846 bits per heavy atom. The number of aromatic nitrogens is 4. The fourth-order valence-corrected chi connectivity index (χ4v) is 3.33. The van der Waals surface area contributed by atoms with Crippen LogP contribution in [0.15, 0.2) is 55.1 Å². The van der Waals surface area contributed by atoms with Crippen LogP contribution in [0.3, 0.4) is 0 Å². The number of nitrogens with zero attached hydrogens (tertiary/aromatic N) is 4. The first-order chi connectivity index (χ1) is 12.6. The van der Waals surface area contributed by atoms with E-state index in [1.165, 1.54) is 6.33 Å². The molecule has 0 aliphatic carbocycles. The van der Waals surface area contributed by atoms with E-state index in [0.717, 1.165) is 11.3 Å². The second-order valence-electron chi connectivity index (χ2n) is 5.57. The second-order valence-corrected chi connectivity index (χ2v) is 6.79. The molecule has 0 unspecified atom stereocenters. The largest absolute Gasteiger partial charge is 0.337 e. The van der Waals surface area contributed by atoms with Crippen LogP contribution in [0, 0.1) is 0 Å². The molecule has 0 spiro atoms. The topological polar surface area (TPSA) is 55.6 Å². The van der Waals surface area contributed by atoms with E-state index in [1.807, 2.05) is 28.8 Å². The van der Waals surface area contributed by atoms with Crippen molar-refractivity contribution in [3.8, 4) is 11.5 Å². The van der Waals surface area contributed by atoms with Gasteiger partial charge in [0.15, 0.2) is 17.3 Å². The van der Waals surface area contributed by atoms with Crippen LogP contribution >= 0.6 is 34.8 Å². The molecule has 0 atom stereocenters. The van der Waals surface area contributed by atoms with Crippen LogP contribution in [0.5, 0.6) is 0 Å². The number of hydrogen-bond donors (Lipinski definition) is 1. The van der Waals surface area contributed by atoms with E-state index in [1.54, 1.807) is 24.5 Å². The van der Waals surface area contributed by atoms with Gasteiger partial charge in [-0.1, -0.05) is 53.0 Å². The summed E-state index contributed by atoms with van der Waals surface area (Å²) in [7, 11) is 0. The van der Waals surface area contributed by atoms with Crippen LogP contribution < -0.4 is 5.32 Å². The normalized spacial score (nSPS) is 11.0. The van der Waals surface area contributed by atoms with Gasteiger partial charge in [0.1, 0.15) is 6.33 Å². The monoisotopic (exact) mass is 403 g/mol. The zero-order chi connectivity index (χ0) is 18.1. The van der Waals surface area contributed by atoms with E-state index in [9.17, 15) is 0 Å². The van der Waals surface area contributed by atoms with Crippen LogP contribution in [0.2, 0.25) is 15.1 Å². The molecule has 0 aromatic heterocycles. The van der Waals surface area contributed by atoms with Gasteiger partial charge in [-0.2, -0.15) is 0 Å². The van der Waals surface area contributed by atoms with Crippen molar-refractivity contribution in [3.63, 3.8) is 0 Å². The number of fused-ring (bicyclic) bond motifs is 1. The number of para-hydroxylation sites is 1. The molecule has 0 fully saturated rings. The van der Waals surface area contributed by atoms with Gasteiger partial charge in [-0.3, -0.25) is 0 Å². The SMILES string of the molecule is Clc1ccccc1Nc1ncn(Cc2c(Cl)cccc2Cl)c2ncnc1-2. The molecule has 26 heavy (non-hydrogen) atoms. The molecule has 5 nitrogen and oxygen atoms in total. The maximum Gasteiger partial charge on any atom is 0.165 e. The van der Waals surface area contributed by atoms with E-state index in [-0.39, 0.29) is 0 Å². The fourth-order valence-electron chi connectivity index (χ4n) is 2.63. The molecule has 1 N–H and O–H groups in total. The molecule has 0 saturated heterocycles. The lowest BCUT2D eigenvalue weighted by atomic mass is 10.2. The Morgan fingerprint density at radius 3 is 2.35 bits per heavy atom. The number of nitrogens with one attached hydrogen (secondary N) is 1. The minimum atomic E-state index is 0.438. The highest BCUT2D eigenvalue weighted by Gasteiger charge is 2.19. The summed E-state index contributed by atoms with van der Waals surface area (Å²) in [5.74, 6) is 1.25. The predicted molar refractivity (Wildman–Crippen MR) is 105 cm³/mol. The van der Waals surface area contributed by atoms with Crippen molar-refractivity contribution in [3.05, 3.63) is 75.8 Å². The predicted octanol–water partition coefficient (Wildman–Crippen LogP) is 5.53. The van der Waals surface area contributed by atoms with Gasteiger partial charge in [0.05, 0.1) is 23.6 Å². The molecule has 0 bridgehead atoms. The lowest BCUT2D eigenvalue weighted by Gasteiger charge is -2.16. The summed E-state index contributed by atoms with van der Waals surface area (Å²) >= 11 is 18.8. The summed E-state index contributed by atoms with van der Waals surface area (Å²) in [6.45, 7) is 0.438. The summed E-state index contributed by atoms with van der Waals surface area (Å²) in [5.41, 5.74) is 2.19. The molecule has 8 heteroatoms. The molecule has 0 amide bonds. The first kappa shape index (κ1) is 17.1. The van der Waals surface area contributed by atoms with Crippen LogP contribution in [0.4, 0.5) is 11.5 Å². The third kappa shape index (κ3) is 3.21. The molecule has 2 aromatic rings. The lowest BCUT2D eigenvalue weighted by molar-refractivity contribution is 0.762. The van der Waals surface area contributed by atoms with Gasteiger partial charge in [0.25, 0.3) is 0 Å². The molecule has 0 radical (unpaired) electrons. The van der Waals surface area contributed by atoms with Gasteiger partial charge >= 0.3 is 0 Å². The van der Waals surface area contributed by atoms with Crippen molar-refractivity contribution in [1.29, 1.82) is 0 Å². The molecule has 2 aliphatic rings. The van der Waals surface area contributed by atoms with Crippen molar-refractivity contribution in [2.24, 2.45) is 0 Å². The highest BCUT2D eigenvalue weighted by Crippen LogP contribution is 2.32. The zero-order valence-corrected chi connectivity index (χ0v) is 15.6. The molecule has 0 saturated carbocycles. The van der Waals surface area contributed by atoms with Gasteiger partial charge in [0.2, 0.25) is 0 Å². The fraction of sp³-hybridized carbons (Fsp3) is 0.0556. The van der Waals surface area contributed by atoms with Gasteiger partial charge in [-0.15, -0.1) is 0 Å². The van der Waals surface area contributed by atoms with Crippen molar-refractivity contribution < 1.29 is 0 Å². The van der Waals surface area contributed by atoms with Crippen molar-refractivity contribution >= 4 is 46.3 Å². The van der Waals surface area contributed by atoms with Crippen LogP contribution in [0.1, 0.15) is 5.56 Å². The van der Waals surface area contributed by atoms with Crippen LogP contribution in [0.25, 0.3) is 11.5 Å². The molecule has 4 rings (SSSR count). The highest BCUT2D eigenvalue weighted by molar-refractivity contribution is 6.36. The minimum absolute atomic E-state index is 0.438. The average molecular weight is 405 g/mol. The van der Waals surface area contributed by atoms with E-state index < -0.39 is 0 Å². The Kier molecular flexibility index (Phi) is 4.68. The third-order valence-corrected chi connectivity index (χ3v) is 4.96. The number of anilines is 2. The smallest absolute Gasteiger partial charge is 0.165 e. The standard InChI is InChI=1S/C18H12Cl3N5/c19-12-5-3-6-13(20)11(12)8-26-10-24-17(16-18(26)23-9-22-16)25-15-7-2-1-4-14(15)21/h1-7,9-10,25H,8H2. The molecule has 2 aliphatic heterocycles.